The number of carbonyl (C=O) groups excluding carboxylic acids is 1. The molecular weight excluding hydrogens is 392 g/mol. The summed E-state index contributed by atoms with van der Waals surface area (Å²) in [6.07, 6.45) is 0. The summed E-state index contributed by atoms with van der Waals surface area (Å²) in [7, 11) is 0.183. The average molecular weight is 420 g/mol. The van der Waals surface area contributed by atoms with Gasteiger partial charge in [-0.2, -0.15) is 0 Å². The summed E-state index contributed by atoms with van der Waals surface area (Å²) < 4.78 is 28.3. The van der Waals surface area contributed by atoms with E-state index in [9.17, 15) is 18.3 Å². The SMILES string of the molecule is CN1CC[N+](C)(CC(=O)Nc2cccc(O)c2NS(=O)(=O)c2ccccc2)CC1. The number of nitrogens with zero attached hydrogens (tertiary/aromatic N) is 2. The molecule has 0 aliphatic carbocycles. The van der Waals surface area contributed by atoms with Gasteiger partial charge in [-0.05, 0) is 31.3 Å². The number of likely N-dealkylation sites (N-methyl/N-ethyl adjacent to an activating group) is 2. The number of sulfonamides is 1. The van der Waals surface area contributed by atoms with E-state index >= 15 is 0 Å². The van der Waals surface area contributed by atoms with E-state index in [4.69, 9.17) is 0 Å². The molecule has 29 heavy (non-hydrogen) atoms. The molecule has 0 spiro atoms. The van der Waals surface area contributed by atoms with Gasteiger partial charge in [0, 0.05) is 13.1 Å². The zero-order chi connectivity index (χ0) is 21.1. The Labute approximate surface area is 171 Å². The van der Waals surface area contributed by atoms with Gasteiger partial charge in [0.2, 0.25) is 0 Å². The van der Waals surface area contributed by atoms with Crippen LogP contribution >= 0.6 is 0 Å². The standard InChI is InChI=1S/C20H26N4O4S/c1-23-11-13-24(2,14-12-23)15-19(26)21-17-9-6-10-18(25)20(17)22-29(27,28)16-7-4-3-5-8-16/h3-10,22H,11-15H2,1-2H3,(H-,21,25,26)/p+1. The molecule has 8 nitrogen and oxygen atoms in total. The van der Waals surface area contributed by atoms with Crippen molar-refractivity contribution in [2.24, 2.45) is 0 Å². The zero-order valence-electron chi connectivity index (χ0n) is 16.6. The third kappa shape index (κ3) is 5.26. The van der Waals surface area contributed by atoms with Crippen molar-refractivity contribution in [3.05, 3.63) is 48.5 Å². The Morgan fingerprint density at radius 3 is 2.41 bits per heavy atom. The number of anilines is 2. The molecule has 1 heterocycles. The van der Waals surface area contributed by atoms with Crippen molar-refractivity contribution < 1.29 is 22.8 Å². The van der Waals surface area contributed by atoms with Crippen molar-refractivity contribution in [2.75, 3.05) is 56.9 Å². The van der Waals surface area contributed by atoms with Gasteiger partial charge in [0.1, 0.15) is 11.4 Å². The van der Waals surface area contributed by atoms with Gasteiger partial charge in [-0.3, -0.25) is 14.4 Å². The molecule has 1 fully saturated rings. The number of nitrogens with one attached hydrogen (secondary N) is 2. The Kier molecular flexibility index (Phi) is 6.11. The van der Waals surface area contributed by atoms with Crippen LogP contribution in [-0.4, -0.2) is 75.6 Å². The van der Waals surface area contributed by atoms with Gasteiger partial charge < -0.3 is 14.9 Å². The van der Waals surface area contributed by atoms with Gasteiger partial charge >= 0.3 is 0 Å². The topological polar surface area (TPSA) is 98.7 Å². The van der Waals surface area contributed by atoms with E-state index in [0.717, 1.165) is 26.2 Å². The highest BCUT2D eigenvalue weighted by molar-refractivity contribution is 7.92. The van der Waals surface area contributed by atoms with Gasteiger partial charge in [-0.1, -0.05) is 24.3 Å². The Hall–Kier alpha value is -2.62. The lowest BCUT2D eigenvalue weighted by Gasteiger charge is -2.40. The van der Waals surface area contributed by atoms with Crippen LogP contribution < -0.4 is 10.0 Å². The quantitative estimate of drug-likeness (QED) is 0.487. The lowest BCUT2D eigenvalue weighted by atomic mass is 10.2. The molecule has 2 aromatic carbocycles. The second-order valence-corrected chi connectivity index (χ2v) is 9.38. The van der Waals surface area contributed by atoms with Crippen LogP contribution in [-0.2, 0) is 14.8 Å². The molecule has 0 unspecified atom stereocenters. The van der Waals surface area contributed by atoms with E-state index in [1.807, 2.05) is 7.05 Å². The minimum atomic E-state index is -3.91. The summed E-state index contributed by atoms with van der Waals surface area (Å²) in [5, 5.41) is 13.0. The summed E-state index contributed by atoms with van der Waals surface area (Å²) in [6, 6.07) is 12.3. The predicted molar refractivity (Wildman–Crippen MR) is 112 cm³/mol. The Balaban J connectivity index is 1.77. The number of quaternary nitrogens is 1. The van der Waals surface area contributed by atoms with E-state index in [2.05, 4.69) is 22.0 Å². The molecule has 0 saturated carbocycles. The molecule has 3 N–H and O–H groups in total. The number of phenols is 1. The van der Waals surface area contributed by atoms with Crippen molar-refractivity contribution in [3.63, 3.8) is 0 Å². The van der Waals surface area contributed by atoms with E-state index in [1.165, 1.54) is 18.2 Å². The third-order valence-corrected chi connectivity index (χ3v) is 6.54. The van der Waals surface area contributed by atoms with Crippen molar-refractivity contribution in [1.29, 1.82) is 0 Å². The number of hydrogen-bond donors (Lipinski definition) is 3. The number of piperazine rings is 1. The normalized spacial score (nSPS) is 16.9. The summed E-state index contributed by atoms with van der Waals surface area (Å²) in [5.74, 6) is -0.495. The molecule has 0 radical (unpaired) electrons. The van der Waals surface area contributed by atoms with Crippen molar-refractivity contribution >= 4 is 27.3 Å². The van der Waals surface area contributed by atoms with Gasteiger partial charge in [0.25, 0.3) is 15.9 Å². The minimum absolute atomic E-state index is 0.0502. The summed E-state index contributed by atoms with van der Waals surface area (Å²) in [4.78, 5) is 15.0. The van der Waals surface area contributed by atoms with Crippen LogP contribution in [0.5, 0.6) is 5.75 Å². The van der Waals surface area contributed by atoms with Crippen LogP contribution in [0.4, 0.5) is 11.4 Å². The highest BCUT2D eigenvalue weighted by atomic mass is 32.2. The number of carbonyl (C=O) groups is 1. The van der Waals surface area contributed by atoms with Gasteiger partial charge in [-0.25, -0.2) is 8.42 Å². The van der Waals surface area contributed by atoms with E-state index in [1.54, 1.807) is 30.3 Å². The Morgan fingerprint density at radius 2 is 1.76 bits per heavy atom. The monoisotopic (exact) mass is 419 g/mol. The van der Waals surface area contributed by atoms with Crippen molar-refractivity contribution in [2.45, 2.75) is 4.90 Å². The molecule has 1 aliphatic rings. The molecule has 0 aromatic heterocycles. The Bertz CT molecular complexity index is 971. The average Bonchev–Trinajstić information content (AvgIpc) is 2.68. The molecule has 1 saturated heterocycles. The van der Waals surface area contributed by atoms with Crippen LogP contribution in [0.2, 0.25) is 0 Å². The number of para-hydroxylation sites is 1. The van der Waals surface area contributed by atoms with Crippen LogP contribution in [0.3, 0.4) is 0 Å². The van der Waals surface area contributed by atoms with Crippen molar-refractivity contribution in [3.8, 4) is 5.75 Å². The fourth-order valence-electron chi connectivity index (χ4n) is 3.29. The van der Waals surface area contributed by atoms with Crippen LogP contribution in [0, 0.1) is 0 Å². The number of amides is 1. The second kappa shape index (κ2) is 8.40. The fraction of sp³-hybridized carbons (Fsp3) is 0.350. The van der Waals surface area contributed by atoms with Crippen LogP contribution in [0.1, 0.15) is 0 Å². The van der Waals surface area contributed by atoms with E-state index < -0.39 is 10.0 Å². The van der Waals surface area contributed by atoms with Gasteiger partial charge in [0.05, 0.1) is 30.7 Å². The molecule has 9 heteroatoms. The number of aromatic hydroxyl groups is 1. The molecular formula is C20H27N4O4S+. The first-order valence-electron chi connectivity index (χ1n) is 9.40. The predicted octanol–water partition coefficient (Wildman–Crippen LogP) is 1.52. The summed E-state index contributed by atoms with van der Waals surface area (Å²) in [5.41, 5.74) is 0.168. The second-order valence-electron chi connectivity index (χ2n) is 7.69. The number of benzene rings is 2. The maximum absolute atomic E-state index is 12.7. The van der Waals surface area contributed by atoms with Crippen LogP contribution in [0.25, 0.3) is 0 Å². The minimum Gasteiger partial charge on any atom is -0.506 e. The maximum atomic E-state index is 12.7. The summed E-state index contributed by atoms with van der Waals surface area (Å²) >= 11 is 0. The number of hydrogen-bond acceptors (Lipinski definition) is 5. The molecule has 2 aromatic rings. The molecule has 1 aliphatic heterocycles. The highest BCUT2D eigenvalue weighted by Gasteiger charge is 2.30. The smallest absolute Gasteiger partial charge is 0.279 e. The first-order chi connectivity index (χ1) is 13.7. The van der Waals surface area contributed by atoms with Gasteiger partial charge in [-0.15, -0.1) is 0 Å². The maximum Gasteiger partial charge on any atom is 0.279 e. The lowest BCUT2D eigenvalue weighted by molar-refractivity contribution is -0.905. The lowest BCUT2D eigenvalue weighted by Crippen LogP contribution is -2.58. The highest BCUT2D eigenvalue weighted by Crippen LogP contribution is 2.33. The van der Waals surface area contributed by atoms with Gasteiger partial charge in [0.15, 0.2) is 6.54 Å². The third-order valence-electron chi connectivity index (χ3n) is 5.17. The Morgan fingerprint density at radius 1 is 1.10 bits per heavy atom. The summed E-state index contributed by atoms with van der Waals surface area (Å²) in [6.45, 7) is 3.82. The number of phenolic OH excluding ortho intramolecular Hbond substituents is 1. The molecule has 0 atom stereocenters. The number of rotatable bonds is 6. The largest absolute Gasteiger partial charge is 0.506 e. The molecule has 156 valence electrons. The molecule has 3 rings (SSSR count). The first kappa shape index (κ1) is 21.1. The fourth-order valence-corrected chi connectivity index (χ4v) is 4.40. The van der Waals surface area contributed by atoms with E-state index in [-0.39, 0.29) is 34.5 Å². The zero-order valence-corrected chi connectivity index (χ0v) is 17.4. The first-order valence-corrected chi connectivity index (χ1v) is 10.9. The molecule has 1 amide bonds. The molecule has 0 bridgehead atoms. The van der Waals surface area contributed by atoms with Crippen LogP contribution in [0.15, 0.2) is 53.4 Å². The van der Waals surface area contributed by atoms with E-state index in [0.29, 0.717) is 4.48 Å². The van der Waals surface area contributed by atoms with Crippen molar-refractivity contribution in [1.82, 2.24) is 4.90 Å².